The van der Waals surface area contributed by atoms with E-state index in [9.17, 15) is 10.1 Å². The molecule has 0 saturated carbocycles. The highest BCUT2D eigenvalue weighted by molar-refractivity contribution is 5.59. The fourth-order valence-electron chi connectivity index (χ4n) is 1.46. The summed E-state index contributed by atoms with van der Waals surface area (Å²) in [6.07, 6.45) is 3.20. The summed E-state index contributed by atoms with van der Waals surface area (Å²) in [5, 5.41) is 10.6. The number of nitro groups is 1. The fourth-order valence-corrected chi connectivity index (χ4v) is 1.46. The number of non-ortho nitro benzene ring substituents is 1. The van der Waals surface area contributed by atoms with Crippen molar-refractivity contribution in [1.82, 2.24) is 9.88 Å². The van der Waals surface area contributed by atoms with Gasteiger partial charge in [0.05, 0.1) is 17.5 Å². The van der Waals surface area contributed by atoms with Crippen molar-refractivity contribution in [1.29, 1.82) is 0 Å². The van der Waals surface area contributed by atoms with E-state index in [1.54, 1.807) is 24.7 Å². The van der Waals surface area contributed by atoms with E-state index < -0.39 is 4.92 Å². The highest BCUT2D eigenvalue weighted by Gasteiger charge is 2.05. The average molecular weight is 286 g/mol. The number of aromatic nitrogens is 1. The fraction of sp³-hybridized carbons (Fsp3) is 0.143. The van der Waals surface area contributed by atoms with E-state index >= 15 is 0 Å². The Morgan fingerprint density at radius 1 is 1.19 bits per heavy atom. The monoisotopic (exact) mass is 286 g/mol. The second kappa shape index (κ2) is 6.47. The highest BCUT2D eigenvalue weighted by Crippen LogP contribution is 2.24. The molecule has 0 radical (unpaired) electrons. The molecule has 1 heterocycles. The van der Waals surface area contributed by atoms with Crippen LogP contribution in [0.4, 0.5) is 11.5 Å². The zero-order valence-electron chi connectivity index (χ0n) is 11.6. The number of hydrogen-bond donors (Lipinski definition) is 0. The van der Waals surface area contributed by atoms with Crippen molar-refractivity contribution in [2.24, 2.45) is 4.99 Å². The predicted molar refractivity (Wildman–Crippen MR) is 79.2 cm³/mol. The molecular weight excluding hydrogens is 272 g/mol. The molecule has 2 rings (SSSR count). The zero-order valence-corrected chi connectivity index (χ0v) is 11.6. The first-order chi connectivity index (χ1) is 10.0. The molecule has 0 saturated heterocycles. The molecule has 2 aromatic rings. The molecule has 108 valence electrons. The van der Waals surface area contributed by atoms with Crippen molar-refractivity contribution in [3.05, 3.63) is 52.7 Å². The highest BCUT2D eigenvalue weighted by atomic mass is 16.6. The van der Waals surface area contributed by atoms with Gasteiger partial charge < -0.3 is 9.64 Å². The lowest BCUT2D eigenvalue weighted by molar-refractivity contribution is -0.384. The van der Waals surface area contributed by atoms with E-state index in [0.29, 0.717) is 17.3 Å². The summed E-state index contributed by atoms with van der Waals surface area (Å²) in [4.78, 5) is 20.2. The van der Waals surface area contributed by atoms with Gasteiger partial charge in [-0.1, -0.05) is 0 Å². The number of pyridine rings is 1. The van der Waals surface area contributed by atoms with Crippen LogP contribution in [0.25, 0.3) is 0 Å². The zero-order chi connectivity index (χ0) is 15.2. The van der Waals surface area contributed by atoms with Crippen LogP contribution in [0.1, 0.15) is 0 Å². The third-order valence-corrected chi connectivity index (χ3v) is 2.42. The second-order valence-electron chi connectivity index (χ2n) is 4.41. The van der Waals surface area contributed by atoms with Crippen LogP contribution in [-0.4, -0.2) is 35.2 Å². The Kier molecular flexibility index (Phi) is 4.45. The van der Waals surface area contributed by atoms with Crippen LogP contribution >= 0.6 is 0 Å². The van der Waals surface area contributed by atoms with Crippen LogP contribution in [-0.2, 0) is 0 Å². The smallest absolute Gasteiger partial charge is 0.269 e. The summed E-state index contributed by atoms with van der Waals surface area (Å²) >= 11 is 0. The van der Waals surface area contributed by atoms with Gasteiger partial charge in [0.2, 0.25) is 0 Å². The van der Waals surface area contributed by atoms with E-state index in [1.807, 2.05) is 19.0 Å². The molecule has 0 aliphatic heterocycles. The predicted octanol–water partition coefficient (Wildman–Crippen LogP) is 3.00. The maximum absolute atomic E-state index is 10.6. The van der Waals surface area contributed by atoms with E-state index in [0.717, 1.165) is 0 Å². The second-order valence-corrected chi connectivity index (χ2v) is 4.41. The quantitative estimate of drug-likeness (QED) is 0.365. The lowest BCUT2D eigenvalue weighted by atomic mass is 10.3. The van der Waals surface area contributed by atoms with Crippen molar-refractivity contribution in [2.75, 3.05) is 14.1 Å². The van der Waals surface area contributed by atoms with Gasteiger partial charge in [0, 0.05) is 26.2 Å². The molecule has 21 heavy (non-hydrogen) atoms. The van der Waals surface area contributed by atoms with Gasteiger partial charge in [-0.2, -0.15) is 0 Å². The van der Waals surface area contributed by atoms with E-state index in [-0.39, 0.29) is 5.69 Å². The molecular formula is C14H14N4O3. The lowest BCUT2D eigenvalue weighted by Gasteiger charge is -2.05. The molecule has 0 aliphatic rings. The summed E-state index contributed by atoms with van der Waals surface area (Å²) in [5.74, 6) is 1.61. The molecule has 0 fully saturated rings. The SMILES string of the molecule is CN(C)/C=N\c1ccc(Oc2ccc([N+](=O)[O-])cc2)cn1. The maximum atomic E-state index is 10.6. The van der Waals surface area contributed by atoms with Gasteiger partial charge in [-0.3, -0.25) is 10.1 Å². The van der Waals surface area contributed by atoms with Gasteiger partial charge in [-0.05, 0) is 24.3 Å². The molecule has 1 aromatic heterocycles. The molecule has 0 bridgehead atoms. The molecule has 0 atom stereocenters. The van der Waals surface area contributed by atoms with E-state index in [1.165, 1.54) is 24.3 Å². The number of aliphatic imine (C=N–C) groups is 1. The van der Waals surface area contributed by atoms with Gasteiger partial charge in [-0.15, -0.1) is 0 Å². The summed E-state index contributed by atoms with van der Waals surface area (Å²) in [7, 11) is 3.74. The molecule has 0 unspecified atom stereocenters. The first kappa shape index (κ1) is 14.4. The van der Waals surface area contributed by atoms with Gasteiger partial charge in [-0.25, -0.2) is 9.98 Å². The summed E-state index contributed by atoms with van der Waals surface area (Å²) in [6, 6.07) is 9.31. The molecule has 0 N–H and O–H groups in total. The number of rotatable bonds is 5. The van der Waals surface area contributed by atoms with Crippen LogP contribution in [0, 0.1) is 10.1 Å². The number of nitro benzene ring substituents is 1. The van der Waals surface area contributed by atoms with Gasteiger partial charge in [0.1, 0.15) is 11.5 Å². The Labute approximate surface area is 121 Å². The third kappa shape index (κ3) is 4.27. The molecule has 1 aromatic carbocycles. The topological polar surface area (TPSA) is 80.9 Å². The van der Waals surface area contributed by atoms with Gasteiger partial charge in [0.25, 0.3) is 5.69 Å². The van der Waals surface area contributed by atoms with Crippen LogP contribution in [0.5, 0.6) is 11.5 Å². The van der Waals surface area contributed by atoms with Crippen LogP contribution in [0.3, 0.4) is 0 Å². The maximum Gasteiger partial charge on any atom is 0.269 e. The Hall–Kier alpha value is -2.96. The number of hydrogen-bond acceptors (Lipinski definition) is 5. The largest absolute Gasteiger partial charge is 0.456 e. The summed E-state index contributed by atoms with van der Waals surface area (Å²) < 4.78 is 5.55. The van der Waals surface area contributed by atoms with Crippen molar-refractivity contribution in [3.8, 4) is 11.5 Å². The Morgan fingerprint density at radius 2 is 1.86 bits per heavy atom. The molecule has 0 aliphatic carbocycles. The van der Waals surface area contributed by atoms with Crippen molar-refractivity contribution in [2.45, 2.75) is 0 Å². The number of benzene rings is 1. The molecule has 7 heteroatoms. The Balaban J connectivity index is 2.04. The minimum Gasteiger partial charge on any atom is -0.456 e. The van der Waals surface area contributed by atoms with Crippen LogP contribution < -0.4 is 4.74 Å². The molecule has 0 spiro atoms. The average Bonchev–Trinajstić information content (AvgIpc) is 2.47. The van der Waals surface area contributed by atoms with Crippen LogP contribution in [0.15, 0.2) is 47.6 Å². The Bertz CT molecular complexity index is 636. The first-order valence-corrected chi connectivity index (χ1v) is 6.13. The summed E-state index contributed by atoms with van der Waals surface area (Å²) in [6.45, 7) is 0. The molecule has 7 nitrogen and oxygen atoms in total. The summed E-state index contributed by atoms with van der Waals surface area (Å²) in [5.41, 5.74) is 0.0221. The minimum atomic E-state index is -0.455. The van der Waals surface area contributed by atoms with Crippen molar-refractivity contribution in [3.63, 3.8) is 0 Å². The minimum absolute atomic E-state index is 0.0221. The number of ether oxygens (including phenoxy) is 1. The lowest BCUT2D eigenvalue weighted by Crippen LogP contribution is -2.07. The van der Waals surface area contributed by atoms with Gasteiger partial charge >= 0.3 is 0 Å². The normalized spacial score (nSPS) is 10.6. The Morgan fingerprint density at radius 3 is 2.38 bits per heavy atom. The van der Waals surface area contributed by atoms with Crippen molar-refractivity contribution < 1.29 is 9.66 Å². The van der Waals surface area contributed by atoms with Gasteiger partial charge in [0.15, 0.2) is 5.82 Å². The van der Waals surface area contributed by atoms with Crippen LogP contribution in [0.2, 0.25) is 0 Å². The molecule has 0 amide bonds. The van der Waals surface area contributed by atoms with E-state index in [4.69, 9.17) is 4.74 Å². The van der Waals surface area contributed by atoms with Crippen molar-refractivity contribution >= 4 is 17.8 Å². The van der Waals surface area contributed by atoms with E-state index in [2.05, 4.69) is 9.98 Å². The number of nitrogens with zero attached hydrogens (tertiary/aromatic N) is 4. The first-order valence-electron chi connectivity index (χ1n) is 6.13. The third-order valence-electron chi connectivity index (χ3n) is 2.42. The standard InChI is InChI=1S/C14H14N4O3/c1-17(2)10-16-14-8-7-13(9-15-14)21-12-5-3-11(4-6-12)18(19)20/h3-10H,1-2H3/b16-10-.